The Kier molecular flexibility index (Phi) is 5.06. The van der Waals surface area contributed by atoms with Crippen molar-refractivity contribution < 1.29 is 9.84 Å². The normalized spacial score (nSPS) is 19.4. The lowest BCUT2D eigenvalue weighted by Gasteiger charge is -2.37. The molecule has 144 valence electrons. The Morgan fingerprint density at radius 1 is 1.33 bits per heavy atom. The van der Waals surface area contributed by atoms with Crippen molar-refractivity contribution in [2.45, 2.75) is 39.2 Å². The van der Waals surface area contributed by atoms with Crippen LogP contribution in [0.3, 0.4) is 0 Å². The van der Waals surface area contributed by atoms with E-state index in [1.165, 1.54) is 24.2 Å². The molecule has 1 N–H and O–H groups in total. The Morgan fingerprint density at radius 2 is 2.11 bits per heavy atom. The average molecular weight is 387 g/mol. The van der Waals surface area contributed by atoms with Crippen molar-refractivity contribution in [3.05, 3.63) is 40.5 Å². The van der Waals surface area contributed by atoms with Gasteiger partial charge in [-0.05, 0) is 43.0 Å². The number of hydrogen-bond donors (Lipinski definition) is 1. The maximum absolute atomic E-state index is 10.9. The maximum Gasteiger partial charge on any atom is 0.230 e. The fourth-order valence-corrected chi connectivity index (χ4v) is 5.03. The summed E-state index contributed by atoms with van der Waals surface area (Å²) >= 11 is 1.53. The third-order valence-electron chi connectivity index (χ3n) is 5.29. The molecule has 1 aliphatic heterocycles. The molecule has 3 heterocycles. The third-order valence-corrected chi connectivity index (χ3v) is 6.37. The van der Waals surface area contributed by atoms with Crippen LogP contribution in [0.4, 0.5) is 0 Å². The SMILES string of the molecule is CCc1nc2sc([C@H](c3ccc(OC)cc3)N3CCC[C@H](C)C3)c(O)n2n1. The van der Waals surface area contributed by atoms with E-state index in [9.17, 15) is 5.11 Å². The number of hydrogen-bond acceptors (Lipinski definition) is 6. The monoisotopic (exact) mass is 386 g/mol. The topological polar surface area (TPSA) is 62.9 Å². The van der Waals surface area contributed by atoms with Crippen LogP contribution in [0.25, 0.3) is 4.96 Å². The van der Waals surface area contributed by atoms with Crippen LogP contribution in [0.15, 0.2) is 24.3 Å². The van der Waals surface area contributed by atoms with Gasteiger partial charge in [0.1, 0.15) is 5.75 Å². The summed E-state index contributed by atoms with van der Waals surface area (Å²) in [6.45, 7) is 6.36. The zero-order chi connectivity index (χ0) is 19.0. The van der Waals surface area contributed by atoms with Gasteiger partial charge in [0, 0.05) is 13.0 Å². The zero-order valence-electron chi connectivity index (χ0n) is 16.1. The molecule has 2 aromatic heterocycles. The predicted octanol–water partition coefficient (Wildman–Crippen LogP) is 3.89. The molecule has 1 fully saturated rings. The Bertz CT molecular complexity index is 918. The number of nitrogens with zero attached hydrogens (tertiary/aromatic N) is 4. The van der Waals surface area contributed by atoms with Gasteiger partial charge < -0.3 is 9.84 Å². The third kappa shape index (κ3) is 3.41. The second-order valence-corrected chi connectivity index (χ2v) is 8.29. The number of benzene rings is 1. The summed E-state index contributed by atoms with van der Waals surface area (Å²) in [7, 11) is 1.68. The lowest BCUT2D eigenvalue weighted by molar-refractivity contribution is 0.149. The van der Waals surface area contributed by atoms with Crippen LogP contribution in [0, 0.1) is 5.92 Å². The van der Waals surface area contributed by atoms with Crippen LogP contribution in [-0.2, 0) is 6.42 Å². The predicted molar refractivity (Wildman–Crippen MR) is 107 cm³/mol. The van der Waals surface area contributed by atoms with E-state index >= 15 is 0 Å². The molecular weight excluding hydrogens is 360 g/mol. The molecular formula is C20H26N4O2S. The van der Waals surface area contributed by atoms with Crippen molar-refractivity contribution in [2.75, 3.05) is 20.2 Å². The van der Waals surface area contributed by atoms with Gasteiger partial charge in [0.15, 0.2) is 5.82 Å². The highest BCUT2D eigenvalue weighted by atomic mass is 32.1. The summed E-state index contributed by atoms with van der Waals surface area (Å²) in [5, 5.41) is 15.4. The molecule has 2 atom stereocenters. The van der Waals surface area contributed by atoms with Gasteiger partial charge in [-0.25, -0.2) is 4.98 Å². The minimum Gasteiger partial charge on any atom is -0.497 e. The molecule has 4 rings (SSSR count). The van der Waals surface area contributed by atoms with Crippen molar-refractivity contribution in [2.24, 2.45) is 5.92 Å². The molecule has 27 heavy (non-hydrogen) atoms. The summed E-state index contributed by atoms with van der Waals surface area (Å²) in [6.07, 6.45) is 3.19. The van der Waals surface area contributed by atoms with Crippen LogP contribution in [-0.4, -0.2) is 44.8 Å². The fraction of sp³-hybridized carbons (Fsp3) is 0.500. The number of fused-ring (bicyclic) bond motifs is 1. The number of aryl methyl sites for hydroxylation is 1. The van der Waals surface area contributed by atoms with Gasteiger partial charge in [-0.15, -0.1) is 5.10 Å². The van der Waals surface area contributed by atoms with E-state index < -0.39 is 0 Å². The molecule has 1 aliphatic rings. The van der Waals surface area contributed by atoms with Gasteiger partial charge in [0.25, 0.3) is 0 Å². The summed E-state index contributed by atoms with van der Waals surface area (Å²) in [5.41, 5.74) is 1.15. The molecule has 0 radical (unpaired) electrons. The van der Waals surface area contributed by atoms with E-state index in [0.717, 1.165) is 46.5 Å². The number of thiazole rings is 1. The van der Waals surface area contributed by atoms with Crippen molar-refractivity contribution in [3.8, 4) is 11.6 Å². The second-order valence-electron chi connectivity index (χ2n) is 7.28. The molecule has 3 aromatic rings. The number of aromatic hydroxyl groups is 1. The quantitative estimate of drug-likeness (QED) is 0.721. The minimum absolute atomic E-state index is 0.00256. The Balaban J connectivity index is 1.79. The number of likely N-dealkylation sites (tertiary alicyclic amines) is 1. The van der Waals surface area contributed by atoms with Crippen molar-refractivity contribution in [3.63, 3.8) is 0 Å². The molecule has 0 aliphatic carbocycles. The highest BCUT2D eigenvalue weighted by Crippen LogP contribution is 2.41. The van der Waals surface area contributed by atoms with Gasteiger partial charge in [-0.3, -0.25) is 4.90 Å². The van der Waals surface area contributed by atoms with Crippen LogP contribution >= 0.6 is 11.3 Å². The largest absolute Gasteiger partial charge is 0.497 e. The van der Waals surface area contributed by atoms with Crippen LogP contribution < -0.4 is 4.74 Å². The van der Waals surface area contributed by atoms with E-state index in [4.69, 9.17) is 4.74 Å². The molecule has 0 unspecified atom stereocenters. The molecule has 0 saturated carbocycles. The first kappa shape index (κ1) is 18.3. The van der Waals surface area contributed by atoms with Gasteiger partial charge in [0.05, 0.1) is 18.0 Å². The number of aromatic nitrogens is 3. The van der Waals surface area contributed by atoms with E-state index in [1.54, 1.807) is 11.6 Å². The first-order valence-corrected chi connectivity index (χ1v) is 10.4. The summed E-state index contributed by atoms with van der Waals surface area (Å²) in [5.74, 6) is 2.46. The van der Waals surface area contributed by atoms with Gasteiger partial charge in [-0.1, -0.05) is 37.3 Å². The first-order valence-electron chi connectivity index (χ1n) is 9.56. The fourth-order valence-electron chi connectivity index (χ4n) is 3.89. The number of rotatable bonds is 5. The standard InChI is InChI=1S/C20H26N4O2S/c1-4-16-21-20-24(22-16)19(25)18(27-20)17(23-11-5-6-13(2)12-23)14-7-9-15(26-3)10-8-14/h7-10,13,17,25H,4-6,11-12H2,1-3H3/t13-,17-/m0/s1. The van der Waals surface area contributed by atoms with Gasteiger partial charge in [-0.2, -0.15) is 4.52 Å². The van der Waals surface area contributed by atoms with Gasteiger partial charge in [0.2, 0.25) is 10.8 Å². The molecule has 0 amide bonds. The number of methoxy groups -OCH3 is 1. The highest BCUT2D eigenvalue weighted by Gasteiger charge is 2.31. The van der Waals surface area contributed by atoms with E-state index in [2.05, 4.69) is 34.0 Å². The molecule has 0 bridgehead atoms. The second kappa shape index (κ2) is 7.48. The molecule has 6 nitrogen and oxygen atoms in total. The lowest BCUT2D eigenvalue weighted by Crippen LogP contribution is -2.37. The Labute approximate surface area is 163 Å². The summed E-state index contributed by atoms with van der Waals surface area (Å²) in [4.78, 5) is 8.68. The molecule has 0 spiro atoms. The number of piperidine rings is 1. The summed E-state index contributed by atoms with van der Waals surface area (Å²) < 4.78 is 6.90. The summed E-state index contributed by atoms with van der Waals surface area (Å²) in [6, 6.07) is 8.15. The van der Waals surface area contributed by atoms with Crippen molar-refractivity contribution >= 4 is 16.3 Å². The molecule has 1 saturated heterocycles. The van der Waals surface area contributed by atoms with Crippen LogP contribution in [0.1, 0.15) is 49.0 Å². The highest BCUT2D eigenvalue weighted by molar-refractivity contribution is 7.17. The molecule has 7 heteroatoms. The van der Waals surface area contributed by atoms with Crippen molar-refractivity contribution in [1.82, 2.24) is 19.5 Å². The van der Waals surface area contributed by atoms with Gasteiger partial charge >= 0.3 is 0 Å². The minimum atomic E-state index is -0.00256. The lowest BCUT2D eigenvalue weighted by atomic mass is 9.95. The Hall–Kier alpha value is -2.12. The van der Waals surface area contributed by atoms with Crippen molar-refractivity contribution in [1.29, 1.82) is 0 Å². The molecule has 1 aromatic carbocycles. The smallest absolute Gasteiger partial charge is 0.230 e. The first-order chi connectivity index (χ1) is 13.1. The number of ether oxygens (including phenoxy) is 1. The van der Waals surface area contributed by atoms with Crippen LogP contribution in [0.2, 0.25) is 0 Å². The van der Waals surface area contributed by atoms with E-state index in [0.29, 0.717) is 5.92 Å². The Morgan fingerprint density at radius 3 is 2.74 bits per heavy atom. The zero-order valence-corrected chi connectivity index (χ0v) is 16.9. The maximum atomic E-state index is 10.9. The van der Waals surface area contributed by atoms with E-state index in [1.807, 2.05) is 19.1 Å². The average Bonchev–Trinajstić information content (AvgIpc) is 3.22. The van der Waals surface area contributed by atoms with Crippen LogP contribution in [0.5, 0.6) is 11.6 Å². The van der Waals surface area contributed by atoms with E-state index in [-0.39, 0.29) is 11.9 Å².